The molecule has 4 heteroatoms. The number of benzene rings is 1. The van der Waals surface area contributed by atoms with Crippen molar-refractivity contribution in [3.05, 3.63) is 65.2 Å². The maximum Gasteiger partial charge on any atom is 0.145 e. The number of halogens is 1. The molecular formula is C15H14FN3. The number of rotatable bonds is 4. The second-order valence-corrected chi connectivity index (χ2v) is 4.42. The van der Waals surface area contributed by atoms with Crippen LogP contribution in [0.5, 0.6) is 0 Å². The van der Waals surface area contributed by atoms with Crippen LogP contribution in [0.15, 0.2) is 42.7 Å². The van der Waals surface area contributed by atoms with Crippen molar-refractivity contribution in [2.24, 2.45) is 0 Å². The Balaban J connectivity index is 2.08. The molecule has 0 fully saturated rings. The summed E-state index contributed by atoms with van der Waals surface area (Å²) in [6.07, 6.45) is 3.47. The highest BCUT2D eigenvalue weighted by Crippen LogP contribution is 2.14. The minimum atomic E-state index is -0.424. The van der Waals surface area contributed by atoms with Gasteiger partial charge in [0.1, 0.15) is 11.9 Å². The number of hydrogen-bond donors (Lipinski definition) is 0. The Kier molecular flexibility index (Phi) is 4.22. The van der Waals surface area contributed by atoms with Crippen molar-refractivity contribution >= 4 is 0 Å². The van der Waals surface area contributed by atoms with E-state index in [0.29, 0.717) is 18.7 Å². The first-order chi connectivity index (χ1) is 9.20. The van der Waals surface area contributed by atoms with Crippen molar-refractivity contribution in [3.8, 4) is 6.07 Å². The quantitative estimate of drug-likeness (QED) is 0.843. The normalized spacial score (nSPS) is 10.4. The smallest absolute Gasteiger partial charge is 0.145 e. The van der Waals surface area contributed by atoms with Gasteiger partial charge in [0.25, 0.3) is 0 Å². The molecule has 0 atom stereocenters. The van der Waals surface area contributed by atoms with E-state index in [1.165, 1.54) is 6.07 Å². The second kappa shape index (κ2) is 6.07. The summed E-state index contributed by atoms with van der Waals surface area (Å²) in [7, 11) is 1.92. The van der Waals surface area contributed by atoms with Crippen molar-refractivity contribution in [2.75, 3.05) is 7.05 Å². The molecule has 0 N–H and O–H groups in total. The highest BCUT2D eigenvalue weighted by molar-refractivity contribution is 5.34. The van der Waals surface area contributed by atoms with E-state index >= 15 is 0 Å². The molecule has 0 radical (unpaired) electrons. The summed E-state index contributed by atoms with van der Waals surface area (Å²) >= 11 is 0. The first-order valence-corrected chi connectivity index (χ1v) is 5.95. The molecule has 0 aliphatic rings. The minimum absolute atomic E-state index is 0.0924. The van der Waals surface area contributed by atoms with Gasteiger partial charge in [0.2, 0.25) is 0 Å². The van der Waals surface area contributed by atoms with Crippen LogP contribution in [0.25, 0.3) is 0 Å². The first kappa shape index (κ1) is 13.2. The van der Waals surface area contributed by atoms with Gasteiger partial charge in [-0.05, 0) is 30.8 Å². The number of aromatic nitrogens is 1. The third-order valence-electron chi connectivity index (χ3n) is 2.84. The molecule has 0 aliphatic carbocycles. The maximum atomic E-state index is 13.9. The van der Waals surface area contributed by atoms with Gasteiger partial charge in [-0.15, -0.1) is 0 Å². The number of nitrogens with zero attached hydrogens (tertiary/aromatic N) is 3. The largest absolute Gasteiger partial charge is 0.298 e. The molecule has 0 bridgehead atoms. The molecule has 0 aliphatic heterocycles. The number of hydrogen-bond acceptors (Lipinski definition) is 3. The van der Waals surface area contributed by atoms with Gasteiger partial charge in [0, 0.05) is 31.0 Å². The Hall–Kier alpha value is -2.25. The lowest BCUT2D eigenvalue weighted by Crippen LogP contribution is -2.18. The topological polar surface area (TPSA) is 39.9 Å². The van der Waals surface area contributed by atoms with E-state index < -0.39 is 5.82 Å². The standard InChI is InChI=1S/C15H14FN3/c1-19(10-12-5-7-18-8-6-12)11-14-4-2-3-13(9-17)15(14)16/h2-8H,10-11H2,1H3. The van der Waals surface area contributed by atoms with Crippen LogP contribution < -0.4 is 0 Å². The molecule has 0 spiro atoms. The molecular weight excluding hydrogens is 241 g/mol. The Bertz CT molecular complexity index is 590. The molecule has 0 unspecified atom stereocenters. The van der Waals surface area contributed by atoms with Gasteiger partial charge in [-0.25, -0.2) is 4.39 Å². The van der Waals surface area contributed by atoms with Crippen LogP contribution in [0.4, 0.5) is 4.39 Å². The van der Waals surface area contributed by atoms with E-state index in [1.54, 1.807) is 24.5 Å². The van der Waals surface area contributed by atoms with E-state index in [0.717, 1.165) is 5.56 Å². The fourth-order valence-corrected chi connectivity index (χ4v) is 1.93. The molecule has 96 valence electrons. The Morgan fingerprint density at radius 3 is 2.63 bits per heavy atom. The minimum Gasteiger partial charge on any atom is -0.298 e. The molecule has 1 aromatic heterocycles. The van der Waals surface area contributed by atoms with Crippen molar-refractivity contribution in [2.45, 2.75) is 13.1 Å². The summed E-state index contributed by atoms with van der Waals surface area (Å²) in [4.78, 5) is 5.95. The maximum absolute atomic E-state index is 13.9. The zero-order chi connectivity index (χ0) is 13.7. The molecule has 0 saturated heterocycles. The van der Waals surface area contributed by atoms with Crippen LogP contribution in [-0.2, 0) is 13.1 Å². The van der Waals surface area contributed by atoms with E-state index in [9.17, 15) is 4.39 Å². The fourth-order valence-electron chi connectivity index (χ4n) is 1.93. The summed E-state index contributed by atoms with van der Waals surface area (Å²) in [5.41, 5.74) is 1.75. The molecule has 0 amide bonds. The van der Waals surface area contributed by atoms with Crippen LogP contribution in [0, 0.1) is 17.1 Å². The molecule has 3 nitrogen and oxygen atoms in total. The van der Waals surface area contributed by atoms with Crippen molar-refractivity contribution in [3.63, 3.8) is 0 Å². The molecule has 1 aromatic carbocycles. The third-order valence-corrected chi connectivity index (χ3v) is 2.84. The average Bonchev–Trinajstić information content (AvgIpc) is 2.42. The van der Waals surface area contributed by atoms with Gasteiger partial charge in [-0.1, -0.05) is 12.1 Å². The Morgan fingerprint density at radius 1 is 1.21 bits per heavy atom. The van der Waals surface area contributed by atoms with Crippen LogP contribution in [-0.4, -0.2) is 16.9 Å². The molecule has 2 rings (SSSR count). The van der Waals surface area contributed by atoms with E-state index in [2.05, 4.69) is 4.98 Å². The fraction of sp³-hybridized carbons (Fsp3) is 0.200. The van der Waals surface area contributed by atoms with Crippen molar-refractivity contribution < 1.29 is 4.39 Å². The van der Waals surface area contributed by atoms with Gasteiger partial charge in [-0.2, -0.15) is 5.26 Å². The highest BCUT2D eigenvalue weighted by atomic mass is 19.1. The summed E-state index contributed by atoms with van der Waals surface area (Å²) < 4.78 is 13.9. The first-order valence-electron chi connectivity index (χ1n) is 5.95. The zero-order valence-electron chi connectivity index (χ0n) is 10.7. The van der Waals surface area contributed by atoms with Gasteiger partial charge < -0.3 is 0 Å². The number of nitriles is 1. The van der Waals surface area contributed by atoms with Crippen molar-refractivity contribution in [1.82, 2.24) is 9.88 Å². The zero-order valence-corrected chi connectivity index (χ0v) is 10.7. The summed E-state index contributed by atoms with van der Waals surface area (Å²) in [6.45, 7) is 1.17. The van der Waals surface area contributed by atoms with Gasteiger partial charge >= 0.3 is 0 Å². The van der Waals surface area contributed by atoms with Crippen molar-refractivity contribution in [1.29, 1.82) is 5.26 Å². The highest BCUT2D eigenvalue weighted by Gasteiger charge is 2.09. The predicted molar refractivity (Wildman–Crippen MR) is 70.5 cm³/mol. The SMILES string of the molecule is CN(Cc1ccncc1)Cc1cccc(C#N)c1F. The second-order valence-electron chi connectivity index (χ2n) is 4.42. The average molecular weight is 255 g/mol. The lowest BCUT2D eigenvalue weighted by Gasteiger charge is -2.17. The molecule has 1 heterocycles. The van der Waals surface area contributed by atoms with Gasteiger partial charge in [0.05, 0.1) is 5.56 Å². The molecule has 0 saturated carbocycles. The third kappa shape index (κ3) is 3.36. The molecule has 2 aromatic rings. The van der Waals surface area contributed by atoms with Crippen LogP contribution in [0.1, 0.15) is 16.7 Å². The summed E-state index contributed by atoms with van der Waals surface area (Å²) in [5, 5.41) is 8.80. The van der Waals surface area contributed by atoms with Gasteiger partial charge in [-0.3, -0.25) is 9.88 Å². The summed E-state index contributed by atoms with van der Waals surface area (Å²) in [6, 6.07) is 10.6. The van der Waals surface area contributed by atoms with E-state index in [-0.39, 0.29) is 5.56 Å². The number of pyridine rings is 1. The predicted octanol–water partition coefficient (Wildman–Crippen LogP) is 2.72. The van der Waals surface area contributed by atoms with Crippen LogP contribution in [0.3, 0.4) is 0 Å². The van der Waals surface area contributed by atoms with Gasteiger partial charge in [0.15, 0.2) is 0 Å². The Morgan fingerprint density at radius 2 is 1.95 bits per heavy atom. The summed E-state index contributed by atoms with van der Waals surface area (Å²) in [5.74, 6) is -0.424. The lowest BCUT2D eigenvalue weighted by molar-refractivity contribution is 0.313. The Labute approximate surface area is 111 Å². The monoisotopic (exact) mass is 255 g/mol. The van der Waals surface area contributed by atoms with Crippen LogP contribution >= 0.6 is 0 Å². The van der Waals surface area contributed by atoms with E-state index in [1.807, 2.05) is 30.1 Å². The van der Waals surface area contributed by atoms with Crippen LogP contribution in [0.2, 0.25) is 0 Å². The lowest BCUT2D eigenvalue weighted by atomic mass is 10.1. The van der Waals surface area contributed by atoms with E-state index in [4.69, 9.17) is 5.26 Å². The molecule has 19 heavy (non-hydrogen) atoms.